The van der Waals surface area contributed by atoms with E-state index in [9.17, 15) is 8.42 Å². The molecule has 0 spiro atoms. The van der Waals surface area contributed by atoms with Gasteiger partial charge in [-0.25, -0.2) is 13.6 Å². The zero-order valence-corrected chi connectivity index (χ0v) is 13.0. The Hall–Kier alpha value is -1.86. The standard InChI is InChI=1S/C14H20N4O2S/c1-11-10-12(2)18(17-11)9-5-8-16-13-6-3-4-7-14(13)21(15,19)20/h3-4,6-7,10,16H,5,8-9H2,1-2H3,(H2,15,19,20). The topological polar surface area (TPSA) is 90.0 Å². The first-order chi connectivity index (χ1) is 9.88. The van der Waals surface area contributed by atoms with Crippen molar-refractivity contribution in [3.05, 3.63) is 41.7 Å². The summed E-state index contributed by atoms with van der Waals surface area (Å²) >= 11 is 0. The Kier molecular flexibility index (Phi) is 4.64. The fourth-order valence-corrected chi connectivity index (χ4v) is 2.93. The average Bonchev–Trinajstić information content (AvgIpc) is 2.72. The minimum atomic E-state index is -3.71. The Morgan fingerprint density at radius 1 is 1.29 bits per heavy atom. The number of aromatic nitrogens is 2. The largest absolute Gasteiger partial charge is 0.384 e. The summed E-state index contributed by atoms with van der Waals surface area (Å²) in [5.41, 5.74) is 2.66. The van der Waals surface area contributed by atoms with E-state index >= 15 is 0 Å². The predicted octanol–water partition coefficient (Wildman–Crippen LogP) is 1.65. The fourth-order valence-electron chi connectivity index (χ4n) is 2.21. The zero-order valence-electron chi connectivity index (χ0n) is 12.2. The van der Waals surface area contributed by atoms with Crippen molar-refractivity contribution in [1.29, 1.82) is 0 Å². The van der Waals surface area contributed by atoms with E-state index in [0.29, 0.717) is 12.2 Å². The highest BCUT2D eigenvalue weighted by Crippen LogP contribution is 2.19. The number of rotatable bonds is 6. The molecule has 0 fully saturated rings. The first kappa shape index (κ1) is 15.5. The van der Waals surface area contributed by atoms with Gasteiger partial charge in [0, 0.05) is 18.8 Å². The van der Waals surface area contributed by atoms with Crippen molar-refractivity contribution in [3.8, 4) is 0 Å². The van der Waals surface area contributed by atoms with Gasteiger partial charge in [-0.05, 0) is 38.5 Å². The van der Waals surface area contributed by atoms with E-state index < -0.39 is 10.0 Å². The summed E-state index contributed by atoms with van der Waals surface area (Å²) in [6.45, 7) is 5.41. The third kappa shape index (κ3) is 4.05. The van der Waals surface area contributed by atoms with Crippen LogP contribution in [0.2, 0.25) is 0 Å². The summed E-state index contributed by atoms with van der Waals surface area (Å²) in [5, 5.41) is 12.7. The van der Waals surface area contributed by atoms with Gasteiger partial charge < -0.3 is 5.32 Å². The lowest BCUT2D eigenvalue weighted by Crippen LogP contribution is -2.16. The van der Waals surface area contributed by atoms with Gasteiger partial charge >= 0.3 is 0 Å². The second-order valence-electron chi connectivity index (χ2n) is 4.97. The van der Waals surface area contributed by atoms with Crippen LogP contribution in [0.3, 0.4) is 0 Å². The highest BCUT2D eigenvalue weighted by atomic mass is 32.2. The monoisotopic (exact) mass is 308 g/mol. The van der Waals surface area contributed by atoms with Gasteiger partial charge in [-0.15, -0.1) is 0 Å². The van der Waals surface area contributed by atoms with Gasteiger partial charge in [0.15, 0.2) is 0 Å². The van der Waals surface area contributed by atoms with Crippen LogP contribution in [0.5, 0.6) is 0 Å². The van der Waals surface area contributed by atoms with Gasteiger partial charge in [0.05, 0.1) is 11.4 Å². The smallest absolute Gasteiger partial charge is 0.240 e. The van der Waals surface area contributed by atoms with E-state index in [0.717, 1.165) is 24.4 Å². The molecule has 0 aliphatic carbocycles. The van der Waals surface area contributed by atoms with Gasteiger partial charge in [-0.2, -0.15) is 5.10 Å². The van der Waals surface area contributed by atoms with E-state index in [1.54, 1.807) is 18.2 Å². The van der Waals surface area contributed by atoms with Crippen molar-refractivity contribution < 1.29 is 8.42 Å². The lowest BCUT2D eigenvalue weighted by molar-refractivity contribution is 0.573. The molecule has 3 N–H and O–H groups in total. The Morgan fingerprint density at radius 2 is 2.00 bits per heavy atom. The summed E-state index contributed by atoms with van der Waals surface area (Å²) in [5.74, 6) is 0. The SMILES string of the molecule is Cc1cc(C)n(CCCNc2ccccc2S(N)(=O)=O)n1. The van der Waals surface area contributed by atoms with Crippen LogP contribution in [0, 0.1) is 13.8 Å². The fraction of sp³-hybridized carbons (Fsp3) is 0.357. The first-order valence-electron chi connectivity index (χ1n) is 6.74. The van der Waals surface area contributed by atoms with E-state index in [4.69, 9.17) is 5.14 Å². The second-order valence-corrected chi connectivity index (χ2v) is 6.50. The lowest BCUT2D eigenvalue weighted by Gasteiger charge is -2.11. The molecule has 0 bridgehead atoms. The van der Waals surface area contributed by atoms with E-state index in [1.807, 2.05) is 24.6 Å². The highest BCUT2D eigenvalue weighted by molar-refractivity contribution is 7.89. The molecule has 0 radical (unpaired) electrons. The van der Waals surface area contributed by atoms with Gasteiger partial charge in [0.2, 0.25) is 10.0 Å². The number of hydrogen-bond donors (Lipinski definition) is 2. The number of anilines is 1. The van der Waals surface area contributed by atoms with Crippen molar-refractivity contribution in [3.63, 3.8) is 0 Å². The predicted molar refractivity (Wildman–Crippen MR) is 82.6 cm³/mol. The molecule has 1 heterocycles. The van der Waals surface area contributed by atoms with E-state index in [1.165, 1.54) is 6.07 Å². The van der Waals surface area contributed by atoms with E-state index in [-0.39, 0.29) is 4.90 Å². The van der Waals surface area contributed by atoms with Crippen LogP contribution < -0.4 is 10.5 Å². The molecule has 2 rings (SSSR count). The number of nitrogens with one attached hydrogen (secondary N) is 1. The van der Waals surface area contributed by atoms with Crippen molar-refractivity contribution in [1.82, 2.24) is 9.78 Å². The number of para-hydroxylation sites is 1. The molecule has 0 unspecified atom stereocenters. The Morgan fingerprint density at radius 3 is 2.62 bits per heavy atom. The van der Waals surface area contributed by atoms with Crippen molar-refractivity contribution in [2.75, 3.05) is 11.9 Å². The summed E-state index contributed by atoms with van der Waals surface area (Å²) in [4.78, 5) is 0.121. The molecule has 0 aliphatic rings. The Labute approximate surface area is 125 Å². The van der Waals surface area contributed by atoms with Gasteiger partial charge in [-0.1, -0.05) is 12.1 Å². The van der Waals surface area contributed by atoms with Crippen LogP contribution in [-0.2, 0) is 16.6 Å². The highest BCUT2D eigenvalue weighted by Gasteiger charge is 2.12. The maximum Gasteiger partial charge on any atom is 0.240 e. The maximum atomic E-state index is 11.5. The molecule has 1 aromatic carbocycles. The average molecular weight is 308 g/mol. The maximum absolute atomic E-state index is 11.5. The molecule has 0 saturated carbocycles. The summed E-state index contributed by atoms with van der Waals surface area (Å²) < 4.78 is 24.9. The zero-order chi connectivity index (χ0) is 15.5. The number of primary sulfonamides is 1. The molecule has 1 aromatic heterocycles. The number of aryl methyl sites for hydroxylation is 3. The van der Waals surface area contributed by atoms with Gasteiger partial charge in [-0.3, -0.25) is 4.68 Å². The minimum absolute atomic E-state index is 0.121. The molecule has 6 nitrogen and oxygen atoms in total. The molecule has 114 valence electrons. The third-order valence-corrected chi connectivity index (χ3v) is 4.13. The number of sulfonamides is 1. The molecular weight excluding hydrogens is 288 g/mol. The van der Waals surface area contributed by atoms with Gasteiger partial charge in [0.25, 0.3) is 0 Å². The quantitative estimate of drug-likeness (QED) is 0.794. The van der Waals surface area contributed by atoms with Crippen molar-refractivity contribution >= 4 is 15.7 Å². The number of nitrogens with two attached hydrogens (primary N) is 1. The summed E-state index contributed by atoms with van der Waals surface area (Å²) in [7, 11) is -3.71. The first-order valence-corrected chi connectivity index (χ1v) is 8.29. The number of hydrogen-bond acceptors (Lipinski definition) is 4. The molecule has 0 saturated heterocycles. The number of nitrogens with zero attached hydrogens (tertiary/aromatic N) is 2. The van der Waals surface area contributed by atoms with Crippen LogP contribution in [0.1, 0.15) is 17.8 Å². The molecule has 7 heteroatoms. The van der Waals surface area contributed by atoms with Crippen LogP contribution in [0.4, 0.5) is 5.69 Å². The van der Waals surface area contributed by atoms with Crippen LogP contribution in [-0.4, -0.2) is 24.7 Å². The molecule has 0 aliphatic heterocycles. The summed E-state index contributed by atoms with van der Waals surface area (Å²) in [6.07, 6.45) is 0.834. The molecular formula is C14H20N4O2S. The molecule has 2 aromatic rings. The second kappa shape index (κ2) is 6.28. The van der Waals surface area contributed by atoms with Crippen LogP contribution in [0.25, 0.3) is 0 Å². The van der Waals surface area contributed by atoms with Crippen molar-refractivity contribution in [2.24, 2.45) is 5.14 Å². The molecule has 0 atom stereocenters. The Bertz CT molecular complexity index is 722. The minimum Gasteiger partial charge on any atom is -0.384 e. The van der Waals surface area contributed by atoms with Gasteiger partial charge in [0.1, 0.15) is 4.90 Å². The van der Waals surface area contributed by atoms with E-state index in [2.05, 4.69) is 10.4 Å². The normalized spacial score (nSPS) is 11.6. The molecule has 0 amide bonds. The lowest BCUT2D eigenvalue weighted by atomic mass is 10.3. The third-order valence-electron chi connectivity index (χ3n) is 3.16. The molecule has 21 heavy (non-hydrogen) atoms. The van der Waals surface area contributed by atoms with Crippen molar-refractivity contribution in [2.45, 2.75) is 31.7 Å². The van der Waals surface area contributed by atoms with Crippen LogP contribution >= 0.6 is 0 Å². The summed E-state index contributed by atoms with van der Waals surface area (Å²) in [6, 6.07) is 8.67. The number of benzene rings is 1. The van der Waals surface area contributed by atoms with Crippen LogP contribution in [0.15, 0.2) is 35.2 Å². The Balaban J connectivity index is 1.94.